The van der Waals surface area contributed by atoms with Crippen LogP contribution in [0.4, 0.5) is 22.0 Å². The Morgan fingerprint density at radius 3 is 2.31 bits per heavy atom. The van der Waals surface area contributed by atoms with Crippen LogP contribution in [0.3, 0.4) is 0 Å². The minimum absolute atomic E-state index is 0.00322. The molecular formula is C24H23F5. The summed E-state index contributed by atoms with van der Waals surface area (Å²) in [6.07, 6.45) is 6.04. The first-order valence-corrected chi connectivity index (χ1v) is 10.1. The lowest BCUT2D eigenvalue weighted by Gasteiger charge is -2.47. The van der Waals surface area contributed by atoms with Crippen LogP contribution in [0.5, 0.6) is 0 Å². The van der Waals surface area contributed by atoms with Crippen molar-refractivity contribution in [1.82, 2.24) is 0 Å². The minimum atomic E-state index is -1.47. The first kappa shape index (κ1) is 20.1. The number of hydrogen-bond donors (Lipinski definition) is 0. The van der Waals surface area contributed by atoms with Crippen molar-refractivity contribution in [1.29, 1.82) is 0 Å². The topological polar surface area (TPSA) is 0 Å². The fraction of sp³-hybridized carbons (Fsp3) is 0.417. The Morgan fingerprint density at radius 2 is 1.62 bits per heavy atom. The Labute approximate surface area is 167 Å². The highest BCUT2D eigenvalue weighted by Crippen LogP contribution is 2.55. The van der Waals surface area contributed by atoms with Gasteiger partial charge in [-0.2, -0.15) is 0 Å². The van der Waals surface area contributed by atoms with Crippen molar-refractivity contribution in [2.45, 2.75) is 50.4 Å². The Bertz CT molecular complexity index is 912. The van der Waals surface area contributed by atoms with E-state index in [2.05, 4.69) is 6.58 Å². The van der Waals surface area contributed by atoms with Crippen LogP contribution in [-0.2, 0) is 6.42 Å². The zero-order chi connectivity index (χ0) is 20.7. The summed E-state index contributed by atoms with van der Waals surface area (Å²) in [4.78, 5) is 0. The van der Waals surface area contributed by atoms with Gasteiger partial charge in [-0.25, -0.2) is 22.0 Å². The predicted octanol–water partition coefficient (Wildman–Crippen LogP) is 7.19. The van der Waals surface area contributed by atoms with Gasteiger partial charge in [0, 0.05) is 6.07 Å². The van der Waals surface area contributed by atoms with E-state index < -0.39 is 29.1 Å². The molecule has 2 aliphatic carbocycles. The molecule has 0 spiro atoms. The van der Waals surface area contributed by atoms with E-state index >= 15 is 0 Å². The van der Waals surface area contributed by atoms with Gasteiger partial charge < -0.3 is 0 Å². The molecule has 0 saturated heterocycles. The Hall–Kier alpha value is -2.17. The van der Waals surface area contributed by atoms with Crippen molar-refractivity contribution in [2.75, 3.05) is 0 Å². The van der Waals surface area contributed by atoms with Crippen LogP contribution in [0.25, 0.3) is 0 Å². The van der Waals surface area contributed by atoms with Crippen LogP contribution in [0.15, 0.2) is 36.9 Å². The van der Waals surface area contributed by atoms with Crippen LogP contribution < -0.4 is 0 Å². The van der Waals surface area contributed by atoms with Gasteiger partial charge in [-0.3, -0.25) is 0 Å². The minimum Gasteiger partial charge on any atom is -0.207 e. The molecule has 2 aromatic carbocycles. The molecule has 0 unspecified atom stereocenters. The number of hydrogen-bond acceptors (Lipinski definition) is 0. The standard InChI is InChI=1S/C24H23F5/c1-2-3-4-13-5-6-16-18(8-7-17-19(16)11-15(25)12-20(17)26)23(13)14-9-21(27)24(29)22(28)10-14/h2,9-13,16,18,23H,1,3-8H2/t13-,16-,18+,23-/m1/s1. The molecule has 1 fully saturated rings. The molecule has 0 bridgehead atoms. The highest BCUT2D eigenvalue weighted by atomic mass is 19.2. The largest absolute Gasteiger partial charge is 0.207 e. The van der Waals surface area contributed by atoms with Crippen LogP contribution in [0.2, 0.25) is 0 Å². The smallest absolute Gasteiger partial charge is 0.194 e. The molecule has 0 aromatic heterocycles. The van der Waals surface area contributed by atoms with Gasteiger partial charge in [0.15, 0.2) is 17.5 Å². The van der Waals surface area contributed by atoms with E-state index in [0.717, 1.165) is 43.9 Å². The van der Waals surface area contributed by atoms with E-state index in [1.54, 1.807) is 0 Å². The third-order valence-corrected chi connectivity index (χ3v) is 6.79. The maximum Gasteiger partial charge on any atom is 0.194 e. The van der Waals surface area contributed by atoms with Crippen molar-refractivity contribution in [2.24, 2.45) is 11.8 Å². The maximum atomic E-state index is 14.3. The number of rotatable bonds is 4. The molecule has 0 amide bonds. The van der Waals surface area contributed by atoms with Gasteiger partial charge in [-0.05, 0) is 97.1 Å². The second-order valence-electron chi connectivity index (χ2n) is 8.29. The first-order chi connectivity index (χ1) is 13.9. The molecule has 154 valence electrons. The molecule has 2 aliphatic rings. The lowest BCUT2D eigenvalue weighted by Crippen LogP contribution is -2.35. The molecule has 4 rings (SSSR count). The van der Waals surface area contributed by atoms with Gasteiger partial charge in [-0.15, -0.1) is 6.58 Å². The lowest BCUT2D eigenvalue weighted by molar-refractivity contribution is 0.160. The molecule has 2 aromatic rings. The summed E-state index contributed by atoms with van der Waals surface area (Å²) < 4.78 is 69.8. The maximum absolute atomic E-state index is 14.3. The van der Waals surface area contributed by atoms with Crippen molar-refractivity contribution in [3.8, 4) is 0 Å². The molecule has 0 nitrogen and oxygen atoms in total. The Morgan fingerprint density at radius 1 is 0.897 bits per heavy atom. The normalized spacial score (nSPS) is 26.0. The summed E-state index contributed by atoms with van der Waals surface area (Å²) >= 11 is 0. The van der Waals surface area contributed by atoms with Gasteiger partial charge in [-0.1, -0.05) is 6.08 Å². The van der Waals surface area contributed by atoms with E-state index in [1.807, 2.05) is 6.08 Å². The van der Waals surface area contributed by atoms with Crippen LogP contribution in [0.1, 0.15) is 60.6 Å². The molecule has 1 saturated carbocycles. The van der Waals surface area contributed by atoms with Gasteiger partial charge in [0.25, 0.3) is 0 Å². The molecule has 0 N–H and O–H groups in total. The molecular weight excluding hydrogens is 383 g/mol. The quantitative estimate of drug-likeness (QED) is 0.286. The first-order valence-electron chi connectivity index (χ1n) is 10.1. The third kappa shape index (κ3) is 3.60. The summed E-state index contributed by atoms with van der Waals surface area (Å²) in [7, 11) is 0. The molecule has 29 heavy (non-hydrogen) atoms. The zero-order valence-electron chi connectivity index (χ0n) is 16.0. The lowest BCUT2D eigenvalue weighted by atomic mass is 9.57. The molecule has 0 heterocycles. The van der Waals surface area contributed by atoms with Crippen molar-refractivity contribution >= 4 is 0 Å². The number of fused-ring (bicyclic) bond motifs is 3. The Balaban J connectivity index is 1.78. The van der Waals surface area contributed by atoms with Crippen molar-refractivity contribution in [3.63, 3.8) is 0 Å². The van der Waals surface area contributed by atoms with Crippen molar-refractivity contribution in [3.05, 3.63) is 82.7 Å². The predicted molar refractivity (Wildman–Crippen MR) is 102 cm³/mol. The SMILES string of the molecule is C=CCC[C@@H]1CC[C@H]2c3cc(F)cc(F)c3CC[C@@H]2[C@H]1c1cc(F)c(F)c(F)c1. The van der Waals surface area contributed by atoms with Gasteiger partial charge in [0.2, 0.25) is 0 Å². The molecule has 0 aliphatic heterocycles. The summed E-state index contributed by atoms with van der Waals surface area (Å²) in [5.41, 5.74) is 1.66. The summed E-state index contributed by atoms with van der Waals surface area (Å²) in [5.74, 6) is -5.12. The fourth-order valence-electron chi connectivity index (χ4n) is 5.63. The van der Waals surface area contributed by atoms with Crippen molar-refractivity contribution < 1.29 is 22.0 Å². The van der Waals surface area contributed by atoms with Gasteiger partial charge >= 0.3 is 0 Å². The fourth-order valence-corrected chi connectivity index (χ4v) is 5.63. The number of allylic oxidation sites excluding steroid dienone is 1. The second kappa shape index (κ2) is 7.92. The number of halogens is 5. The molecule has 0 radical (unpaired) electrons. The second-order valence-corrected chi connectivity index (χ2v) is 8.29. The van der Waals surface area contributed by atoms with Gasteiger partial charge in [0.05, 0.1) is 0 Å². The van der Waals surface area contributed by atoms with Crippen LogP contribution in [0, 0.1) is 40.9 Å². The van der Waals surface area contributed by atoms with Crippen LogP contribution >= 0.6 is 0 Å². The highest BCUT2D eigenvalue weighted by molar-refractivity contribution is 5.38. The number of benzene rings is 2. The average molecular weight is 406 g/mol. The summed E-state index contributed by atoms with van der Waals surface area (Å²) in [6, 6.07) is 4.50. The Kier molecular flexibility index (Phi) is 5.50. The van der Waals surface area contributed by atoms with Crippen LogP contribution in [-0.4, -0.2) is 0 Å². The molecule has 5 heteroatoms. The zero-order valence-corrected chi connectivity index (χ0v) is 16.0. The van der Waals surface area contributed by atoms with Gasteiger partial charge in [0.1, 0.15) is 11.6 Å². The third-order valence-electron chi connectivity index (χ3n) is 6.79. The summed E-state index contributed by atoms with van der Waals surface area (Å²) in [6.45, 7) is 3.76. The van der Waals surface area contributed by atoms with E-state index in [0.29, 0.717) is 29.5 Å². The average Bonchev–Trinajstić information content (AvgIpc) is 2.69. The van der Waals surface area contributed by atoms with E-state index in [4.69, 9.17) is 0 Å². The van der Waals surface area contributed by atoms with E-state index in [-0.39, 0.29) is 23.7 Å². The van der Waals surface area contributed by atoms with E-state index in [9.17, 15) is 22.0 Å². The molecule has 4 atom stereocenters. The monoisotopic (exact) mass is 406 g/mol. The van der Waals surface area contributed by atoms with E-state index in [1.165, 1.54) is 6.07 Å². The highest BCUT2D eigenvalue weighted by Gasteiger charge is 2.43. The summed E-state index contributed by atoms with van der Waals surface area (Å²) in [5, 5.41) is 0.